The Morgan fingerprint density at radius 3 is 2.79 bits per heavy atom. The molecule has 1 atom stereocenters. The monoisotopic (exact) mass is 281 g/mol. The third-order valence-electron chi connectivity index (χ3n) is 3.94. The average molecular weight is 282 g/mol. The predicted molar refractivity (Wildman–Crippen MR) is 81.4 cm³/mol. The second-order valence-electron chi connectivity index (χ2n) is 5.76. The summed E-state index contributed by atoms with van der Waals surface area (Å²) in [6.45, 7) is 6.74. The van der Waals surface area contributed by atoms with Crippen LogP contribution in [-0.2, 0) is 6.42 Å². The molecular formula is C16H24ClNO. The van der Waals surface area contributed by atoms with Crippen molar-refractivity contribution in [3.8, 4) is 5.75 Å². The standard InChI is InChI=1S/C16H24ClNO/c1-11(2)14-9-16(19-3)15(17)8-13(14)7-12-5-4-6-18-10-12/h8-9,11-12,18H,4-7,10H2,1-3H3. The maximum absolute atomic E-state index is 6.28. The van der Waals surface area contributed by atoms with E-state index in [9.17, 15) is 0 Å². The minimum Gasteiger partial charge on any atom is -0.495 e. The average Bonchev–Trinajstić information content (AvgIpc) is 2.39. The fraction of sp³-hybridized carbons (Fsp3) is 0.625. The first kappa shape index (κ1) is 14.7. The Kier molecular flexibility index (Phi) is 5.12. The fourth-order valence-corrected chi connectivity index (χ4v) is 3.15. The van der Waals surface area contributed by atoms with Gasteiger partial charge >= 0.3 is 0 Å². The second-order valence-corrected chi connectivity index (χ2v) is 6.16. The second kappa shape index (κ2) is 6.62. The number of benzene rings is 1. The van der Waals surface area contributed by atoms with E-state index < -0.39 is 0 Å². The van der Waals surface area contributed by atoms with Crippen molar-refractivity contribution < 1.29 is 4.74 Å². The molecule has 1 unspecified atom stereocenters. The number of methoxy groups -OCH3 is 1. The molecule has 1 N–H and O–H groups in total. The van der Waals surface area contributed by atoms with Crippen LogP contribution < -0.4 is 10.1 Å². The van der Waals surface area contributed by atoms with Crippen molar-refractivity contribution in [3.05, 3.63) is 28.3 Å². The topological polar surface area (TPSA) is 21.3 Å². The Morgan fingerprint density at radius 1 is 1.42 bits per heavy atom. The van der Waals surface area contributed by atoms with Crippen LogP contribution in [0.25, 0.3) is 0 Å². The smallest absolute Gasteiger partial charge is 0.137 e. The molecule has 0 bridgehead atoms. The lowest BCUT2D eigenvalue weighted by molar-refractivity contribution is 0.374. The maximum atomic E-state index is 6.28. The molecule has 19 heavy (non-hydrogen) atoms. The zero-order chi connectivity index (χ0) is 13.8. The number of nitrogens with one attached hydrogen (secondary N) is 1. The molecule has 2 rings (SSSR count). The van der Waals surface area contributed by atoms with Gasteiger partial charge in [-0.2, -0.15) is 0 Å². The first-order valence-electron chi connectivity index (χ1n) is 7.18. The van der Waals surface area contributed by atoms with Gasteiger partial charge in [-0.3, -0.25) is 0 Å². The fourth-order valence-electron chi connectivity index (χ4n) is 2.89. The van der Waals surface area contributed by atoms with Gasteiger partial charge in [0, 0.05) is 0 Å². The molecule has 0 saturated carbocycles. The van der Waals surface area contributed by atoms with Gasteiger partial charge < -0.3 is 10.1 Å². The van der Waals surface area contributed by atoms with E-state index in [1.807, 2.05) is 0 Å². The molecule has 0 aliphatic carbocycles. The number of hydrogen-bond donors (Lipinski definition) is 1. The molecule has 1 aromatic carbocycles. The summed E-state index contributed by atoms with van der Waals surface area (Å²) in [4.78, 5) is 0. The molecule has 0 spiro atoms. The maximum Gasteiger partial charge on any atom is 0.137 e. The highest BCUT2D eigenvalue weighted by Gasteiger charge is 2.18. The van der Waals surface area contributed by atoms with E-state index in [-0.39, 0.29) is 0 Å². The van der Waals surface area contributed by atoms with Crippen molar-refractivity contribution in [1.82, 2.24) is 5.32 Å². The molecule has 0 aromatic heterocycles. The molecule has 1 aromatic rings. The summed E-state index contributed by atoms with van der Waals surface area (Å²) in [5, 5.41) is 4.21. The zero-order valence-corrected chi connectivity index (χ0v) is 12.9. The minimum absolute atomic E-state index is 0.498. The van der Waals surface area contributed by atoms with Crippen LogP contribution >= 0.6 is 11.6 Å². The molecule has 0 amide bonds. The van der Waals surface area contributed by atoms with Gasteiger partial charge in [-0.1, -0.05) is 25.4 Å². The van der Waals surface area contributed by atoms with Gasteiger partial charge in [0.05, 0.1) is 12.1 Å². The van der Waals surface area contributed by atoms with Crippen LogP contribution in [-0.4, -0.2) is 20.2 Å². The highest BCUT2D eigenvalue weighted by Crippen LogP contribution is 2.33. The van der Waals surface area contributed by atoms with Crippen LogP contribution in [0.2, 0.25) is 5.02 Å². The molecular weight excluding hydrogens is 258 g/mol. The van der Waals surface area contributed by atoms with E-state index >= 15 is 0 Å². The van der Waals surface area contributed by atoms with E-state index in [2.05, 4.69) is 31.3 Å². The highest BCUT2D eigenvalue weighted by atomic mass is 35.5. The summed E-state index contributed by atoms with van der Waals surface area (Å²) >= 11 is 6.28. The zero-order valence-electron chi connectivity index (χ0n) is 12.1. The van der Waals surface area contributed by atoms with Gasteiger partial charge in [-0.25, -0.2) is 0 Å². The van der Waals surface area contributed by atoms with Crippen molar-refractivity contribution in [1.29, 1.82) is 0 Å². The van der Waals surface area contributed by atoms with Gasteiger partial charge in [-0.15, -0.1) is 0 Å². The number of ether oxygens (including phenoxy) is 1. The molecule has 1 fully saturated rings. The molecule has 106 valence electrons. The first-order chi connectivity index (χ1) is 9.11. The molecule has 1 aliphatic heterocycles. The van der Waals surface area contributed by atoms with Crippen LogP contribution in [0, 0.1) is 5.92 Å². The molecule has 2 nitrogen and oxygen atoms in total. The first-order valence-corrected chi connectivity index (χ1v) is 7.56. The molecule has 1 saturated heterocycles. The lowest BCUT2D eigenvalue weighted by Gasteiger charge is -2.25. The summed E-state index contributed by atoms with van der Waals surface area (Å²) in [5.41, 5.74) is 2.75. The largest absolute Gasteiger partial charge is 0.495 e. The minimum atomic E-state index is 0.498. The van der Waals surface area contributed by atoms with Crippen LogP contribution in [0.5, 0.6) is 5.75 Å². The van der Waals surface area contributed by atoms with E-state index in [0.717, 1.165) is 36.2 Å². The van der Waals surface area contributed by atoms with Crippen molar-refractivity contribution in [2.75, 3.05) is 20.2 Å². The van der Waals surface area contributed by atoms with Crippen LogP contribution in [0.15, 0.2) is 12.1 Å². The van der Waals surface area contributed by atoms with Crippen molar-refractivity contribution in [2.24, 2.45) is 5.92 Å². The molecule has 1 heterocycles. The quantitative estimate of drug-likeness (QED) is 0.900. The van der Waals surface area contributed by atoms with Crippen LogP contribution in [0.4, 0.5) is 0 Å². The Bertz CT molecular complexity index is 425. The van der Waals surface area contributed by atoms with Crippen molar-refractivity contribution in [2.45, 2.75) is 39.0 Å². The Balaban J connectivity index is 2.24. The van der Waals surface area contributed by atoms with Gasteiger partial charge in [0.25, 0.3) is 0 Å². The Labute approximate surface area is 121 Å². The van der Waals surface area contributed by atoms with E-state index in [1.54, 1.807) is 7.11 Å². The van der Waals surface area contributed by atoms with Gasteiger partial charge in [0.15, 0.2) is 0 Å². The van der Waals surface area contributed by atoms with Gasteiger partial charge in [0.1, 0.15) is 5.75 Å². The van der Waals surface area contributed by atoms with E-state index in [1.165, 1.54) is 24.0 Å². The normalized spacial score (nSPS) is 19.7. The van der Waals surface area contributed by atoms with E-state index in [0.29, 0.717) is 5.92 Å². The SMILES string of the molecule is COc1cc(C(C)C)c(CC2CCCNC2)cc1Cl. The lowest BCUT2D eigenvalue weighted by atomic mass is 9.87. The van der Waals surface area contributed by atoms with Gasteiger partial charge in [-0.05, 0) is 67.4 Å². The highest BCUT2D eigenvalue weighted by molar-refractivity contribution is 6.32. The van der Waals surface area contributed by atoms with Crippen LogP contribution in [0.3, 0.4) is 0 Å². The Morgan fingerprint density at radius 2 is 2.21 bits per heavy atom. The summed E-state index contributed by atoms with van der Waals surface area (Å²) in [6, 6.07) is 4.21. The summed E-state index contributed by atoms with van der Waals surface area (Å²) in [6.07, 6.45) is 3.71. The lowest BCUT2D eigenvalue weighted by Crippen LogP contribution is -2.31. The third-order valence-corrected chi connectivity index (χ3v) is 4.24. The molecule has 1 aliphatic rings. The van der Waals surface area contributed by atoms with Crippen molar-refractivity contribution in [3.63, 3.8) is 0 Å². The number of halogens is 1. The third kappa shape index (κ3) is 3.64. The predicted octanol–water partition coefficient (Wildman–Crippen LogP) is 4.01. The van der Waals surface area contributed by atoms with Crippen LogP contribution in [0.1, 0.15) is 43.7 Å². The Hall–Kier alpha value is -0.730. The summed E-state index contributed by atoms with van der Waals surface area (Å²) in [5.74, 6) is 2.02. The number of hydrogen-bond acceptors (Lipinski definition) is 2. The van der Waals surface area contributed by atoms with Gasteiger partial charge in [0.2, 0.25) is 0 Å². The molecule has 3 heteroatoms. The van der Waals surface area contributed by atoms with E-state index in [4.69, 9.17) is 16.3 Å². The molecule has 0 radical (unpaired) electrons. The summed E-state index contributed by atoms with van der Waals surface area (Å²) in [7, 11) is 1.68. The number of piperidine rings is 1. The van der Waals surface area contributed by atoms with Crippen molar-refractivity contribution >= 4 is 11.6 Å². The number of rotatable bonds is 4. The summed E-state index contributed by atoms with van der Waals surface area (Å²) < 4.78 is 5.34.